The predicted molar refractivity (Wildman–Crippen MR) is 126 cm³/mol. The fourth-order valence-corrected chi connectivity index (χ4v) is 3.67. The minimum Gasteiger partial charge on any atom is -0.476 e. The molecular formula is C28H23N2O2+. The summed E-state index contributed by atoms with van der Waals surface area (Å²) in [5, 5.41) is 20.6. The highest BCUT2D eigenvalue weighted by Gasteiger charge is 2.30. The molecule has 0 amide bonds. The molecule has 0 saturated heterocycles. The van der Waals surface area contributed by atoms with Gasteiger partial charge in [0, 0.05) is 23.3 Å². The highest BCUT2D eigenvalue weighted by Crippen LogP contribution is 2.30. The van der Waals surface area contributed by atoms with Crippen molar-refractivity contribution in [3.8, 4) is 39.7 Å². The molecule has 0 unspecified atom stereocenters. The van der Waals surface area contributed by atoms with Gasteiger partial charge in [-0.05, 0) is 42.3 Å². The lowest BCUT2D eigenvalue weighted by Gasteiger charge is -2.12. The van der Waals surface area contributed by atoms with Gasteiger partial charge in [0.05, 0.1) is 6.61 Å². The van der Waals surface area contributed by atoms with Crippen LogP contribution in [0.4, 0.5) is 0 Å². The number of pyridine rings is 1. The molecule has 4 nitrogen and oxygen atoms in total. The summed E-state index contributed by atoms with van der Waals surface area (Å²) in [4.78, 5) is 0. The molecule has 4 rings (SSSR count). The summed E-state index contributed by atoms with van der Waals surface area (Å²) in [5.41, 5.74) is 5.48. The van der Waals surface area contributed by atoms with Crippen LogP contribution >= 0.6 is 0 Å². The lowest BCUT2D eigenvalue weighted by atomic mass is 9.98. The molecule has 0 saturated carbocycles. The normalized spacial score (nSPS) is 11.4. The number of aliphatic hydroxyl groups is 1. The maximum absolute atomic E-state index is 10.6. The van der Waals surface area contributed by atoms with Gasteiger partial charge in [-0.1, -0.05) is 66.7 Å². The Hall–Kier alpha value is -4.36. The average Bonchev–Trinajstić information content (AvgIpc) is 2.86. The minimum absolute atomic E-state index is 0.0316. The summed E-state index contributed by atoms with van der Waals surface area (Å²) in [6.07, 6.45) is 0. The van der Waals surface area contributed by atoms with Crippen LogP contribution in [0.15, 0.2) is 109 Å². The van der Waals surface area contributed by atoms with Crippen LogP contribution in [0.2, 0.25) is 0 Å². The van der Waals surface area contributed by atoms with Crippen molar-refractivity contribution in [3.63, 3.8) is 0 Å². The lowest BCUT2D eigenvalue weighted by molar-refractivity contribution is -0.556. The lowest BCUT2D eigenvalue weighted by Crippen LogP contribution is -2.38. The summed E-state index contributed by atoms with van der Waals surface area (Å²) in [6, 6.07) is 36.0. The molecule has 1 heterocycles. The molecule has 0 bridgehead atoms. The highest BCUT2D eigenvalue weighted by atomic mass is 16.6. The van der Waals surface area contributed by atoms with Crippen LogP contribution in [0.5, 0.6) is 0 Å². The smallest absolute Gasteiger partial charge is 0.370 e. The largest absolute Gasteiger partial charge is 0.476 e. The zero-order chi connectivity index (χ0) is 22.3. The fourth-order valence-electron chi connectivity index (χ4n) is 3.67. The van der Waals surface area contributed by atoms with E-state index < -0.39 is 5.95 Å². The van der Waals surface area contributed by atoms with Crippen molar-refractivity contribution in [2.75, 3.05) is 6.61 Å². The third-order valence-electron chi connectivity index (χ3n) is 5.13. The molecule has 0 radical (unpaired) electrons. The zero-order valence-corrected chi connectivity index (χ0v) is 17.8. The summed E-state index contributed by atoms with van der Waals surface area (Å²) in [5.74, 6) is -0.401. The molecule has 0 aliphatic rings. The van der Waals surface area contributed by atoms with Gasteiger partial charge in [-0.3, -0.25) is 0 Å². The number of benzene rings is 3. The molecule has 32 heavy (non-hydrogen) atoms. The number of nitrogens with zero attached hydrogens (tertiary/aromatic N) is 2. The third kappa shape index (κ3) is 4.23. The number of hydrogen-bond donors (Lipinski definition) is 1. The summed E-state index contributed by atoms with van der Waals surface area (Å²) >= 11 is 0. The summed E-state index contributed by atoms with van der Waals surface area (Å²) in [7, 11) is 0. The van der Waals surface area contributed by atoms with Crippen molar-refractivity contribution in [2.24, 2.45) is 0 Å². The summed E-state index contributed by atoms with van der Waals surface area (Å²) in [6.45, 7) is 2.02. The number of aromatic nitrogens is 1. The van der Waals surface area contributed by atoms with Crippen LogP contribution in [0, 0.1) is 11.3 Å². The van der Waals surface area contributed by atoms with Gasteiger partial charge in [-0.25, -0.2) is 0 Å². The van der Waals surface area contributed by atoms with E-state index in [9.17, 15) is 10.4 Å². The first-order valence-corrected chi connectivity index (χ1v) is 10.5. The maximum atomic E-state index is 10.6. The number of allylic oxidation sites excluding steroid dienone is 1. The van der Waals surface area contributed by atoms with E-state index >= 15 is 0 Å². The Morgan fingerprint density at radius 1 is 0.750 bits per heavy atom. The zero-order valence-electron chi connectivity index (χ0n) is 17.8. The second kappa shape index (κ2) is 9.63. The van der Waals surface area contributed by atoms with Gasteiger partial charge in [0.2, 0.25) is 11.4 Å². The maximum Gasteiger partial charge on any atom is 0.370 e. The van der Waals surface area contributed by atoms with Crippen LogP contribution in [-0.2, 0) is 4.74 Å². The Kier molecular flexibility index (Phi) is 6.29. The topological polar surface area (TPSA) is 57.1 Å². The van der Waals surface area contributed by atoms with Gasteiger partial charge in [-0.2, -0.15) is 5.26 Å². The van der Waals surface area contributed by atoms with E-state index in [1.54, 1.807) is 11.5 Å². The first-order chi connectivity index (χ1) is 15.7. The van der Waals surface area contributed by atoms with Crippen molar-refractivity contribution in [3.05, 3.63) is 109 Å². The van der Waals surface area contributed by atoms with Gasteiger partial charge >= 0.3 is 11.6 Å². The molecule has 4 aromatic rings. The molecule has 0 aliphatic carbocycles. The van der Waals surface area contributed by atoms with E-state index in [1.807, 2.05) is 91.0 Å². The third-order valence-corrected chi connectivity index (χ3v) is 5.13. The van der Waals surface area contributed by atoms with E-state index in [0.29, 0.717) is 0 Å². The molecular weight excluding hydrogens is 396 g/mol. The van der Waals surface area contributed by atoms with E-state index in [2.05, 4.69) is 18.2 Å². The van der Waals surface area contributed by atoms with E-state index in [-0.39, 0.29) is 12.3 Å². The van der Waals surface area contributed by atoms with E-state index in [1.165, 1.54) is 0 Å². The van der Waals surface area contributed by atoms with Gasteiger partial charge in [-0.15, -0.1) is 4.57 Å². The van der Waals surface area contributed by atoms with Gasteiger partial charge < -0.3 is 9.84 Å². The Morgan fingerprint density at radius 2 is 1.19 bits per heavy atom. The second-order valence-corrected chi connectivity index (χ2v) is 7.15. The summed E-state index contributed by atoms with van der Waals surface area (Å²) < 4.78 is 7.10. The van der Waals surface area contributed by atoms with E-state index in [0.717, 1.165) is 33.6 Å². The number of ether oxygens (including phenoxy) is 1. The van der Waals surface area contributed by atoms with Gasteiger partial charge in [0.25, 0.3) is 0 Å². The number of aliphatic hydroxyl groups excluding tert-OH is 1. The Bertz CT molecular complexity index is 1220. The predicted octanol–water partition coefficient (Wildman–Crippen LogP) is 6.22. The quantitative estimate of drug-likeness (QED) is 0.229. The minimum atomic E-state index is -0.401. The van der Waals surface area contributed by atoms with E-state index in [4.69, 9.17) is 4.74 Å². The Balaban J connectivity index is 2.13. The molecule has 4 heteroatoms. The molecule has 1 aromatic heterocycles. The fraction of sp³-hybridized carbons (Fsp3) is 0.0714. The van der Waals surface area contributed by atoms with Crippen molar-refractivity contribution in [1.82, 2.24) is 0 Å². The first-order valence-electron chi connectivity index (χ1n) is 10.5. The molecule has 0 fully saturated rings. The SMILES string of the molecule is CCO/C(O)=C(\C#N)[n+]1c(-c2ccccc2)cc(-c2ccccc2)cc1-c1ccccc1. The number of nitriles is 1. The van der Waals surface area contributed by atoms with Crippen LogP contribution in [-0.4, -0.2) is 11.7 Å². The van der Waals surface area contributed by atoms with Crippen LogP contribution < -0.4 is 4.57 Å². The van der Waals surface area contributed by atoms with Crippen molar-refractivity contribution >= 4 is 5.70 Å². The van der Waals surface area contributed by atoms with Crippen LogP contribution in [0.3, 0.4) is 0 Å². The monoisotopic (exact) mass is 419 g/mol. The van der Waals surface area contributed by atoms with Crippen molar-refractivity contribution < 1.29 is 14.4 Å². The highest BCUT2D eigenvalue weighted by molar-refractivity contribution is 5.75. The molecule has 1 N–H and O–H groups in total. The standard InChI is InChI=1S/C28H22N2O2/c1-2-32-28(31)27(20-29)30-25(22-14-8-4-9-15-22)18-24(21-12-6-3-7-13-21)19-26(30)23-16-10-5-11-17-23/h3-19H,2H2,1H3/p+1/b28-27+. The van der Waals surface area contributed by atoms with Crippen molar-refractivity contribution in [2.45, 2.75) is 6.92 Å². The molecule has 3 aromatic carbocycles. The molecule has 0 spiro atoms. The van der Waals surface area contributed by atoms with Crippen molar-refractivity contribution in [1.29, 1.82) is 5.26 Å². The Morgan fingerprint density at radius 3 is 1.59 bits per heavy atom. The van der Waals surface area contributed by atoms with Crippen LogP contribution in [0.25, 0.3) is 39.3 Å². The van der Waals surface area contributed by atoms with Crippen LogP contribution in [0.1, 0.15) is 6.92 Å². The number of hydrogen-bond acceptors (Lipinski definition) is 3. The van der Waals surface area contributed by atoms with Gasteiger partial charge in [0.15, 0.2) is 6.07 Å². The van der Waals surface area contributed by atoms with Gasteiger partial charge in [0.1, 0.15) is 0 Å². The molecule has 0 aliphatic heterocycles. The Labute approximate surface area is 187 Å². The number of rotatable bonds is 6. The first kappa shape index (κ1) is 20.9. The molecule has 0 atom stereocenters. The molecule has 156 valence electrons. The second-order valence-electron chi connectivity index (χ2n) is 7.15. The average molecular weight is 420 g/mol.